The van der Waals surface area contributed by atoms with Gasteiger partial charge in [-0.2, -0.15) is 4.31 Å². The summed E-state index contributed by atoms with van der Waals surface area (Å²) in [5.41, 5.74) is 0.124. The first-order valence-corrected chi connectivity index (χ1v) is 14.2. The number of ether oxygens (including phenoxy) is 1. The lowest BCUT2D eigenvalue weighted by Crippen LogP contribution is -2.30. The van der Waals surface area contributed by atoms with Crippen molar-refractivity contribution in [2.24, 2.45) is 5.41 Å². The van der Waals surface area contributed by atoms with Gasteiger partial charge in [-0.3, -0.25) is 0 Å². The van der Waals surface area contributed by atoms with Crippen molar-refractivity contribution >= 4 is 49.8 Å². The topological polar surface area (TPSA) is 133 Å². The Morgan fingerprint density at radius 1 is 1.24 bits per heavy atom. The molecule has 0 radical (unpaired) electrons. The van der Waals surface area contributed by atoms with Crippen LogP contribution in [0, 0.1) is 12.3 Å². The second kappa shape index (κ2) is 10.2. The molecule has 1 unspecified atom stereocenters. The molecule has 0 aliphatic rings. The number of hydrogen-bond donors (Lipinski definition) is 2. The molecule has 2 atom stereocenters. The fraction of sp³-hybridized carbons (Fsp3) is 0.524. The highest BCUT2D eigenvalue weighted by Gasteiger charge is 2.33. The minimum absolute atomic E-state index is 0.0889. The average molecular weight is 530 g/mol. The first-order valence-electron chi connectivity index (χ1n) is 10.8. The molecule has 10 nitrogen and oxygen atoms in total. The van der Waals surface area contributed by atoms with E-state index in [1.807, 2.05) is 39.8 Å². The number of nitrogens with one attached hydrogen (secondary N) is 2. The molecule has 2 N–H and O–H groups in total. The Balaban J connectivity index is 1.96. The van der Waals surface area contributed by atoms with E-state index < -0.39 is 21.2 Å². The highest BCUT2D eigenvalue weighted by atomic mass is 32.2. The largest absolute Gasteiger partial charge is 0.546 e. The summed E-state index contributed by atoms with van der Waals surface area (Å²) in [6.45, 7) is 12.3. The molecule has 0 saturated heterocycles. The van der Waals surface area contributed by atoms with Gasteiger partial charge in [0, 0.05) is 27.2 Å². The standard InChI is InChI=1S/C21H31N5O5S3/c1-8-26(9-2)34(28,29)20-16(30-7)14(12-32-20)22-18-19(25-33(27)24-18)23-17(21(4,5)6)15-11-10-13(3)31-15/h10-12,17H,8-9H2,1-7H3,(H,22,24)(H,23,25)/t17-,33?/m0/s1. The maximum atomic E-state index is 13.1. The van der Waals surface area contributed by atoms with Gasteiger partial charge in [0.1, 0.15) is 11.5 Å². The van der Waals surface area contributed by atoms with Gasteiger partial charge >= 0.3 is 0 Å². The molecule has 3 aromatic heterocycles. The Labute approximate surface area is 207 Å². The van der Waals surface area contributed by atoms with Crippen LogP contribution in [0.15, 0.2) is 26.1 Å². The minimum Gasteiger partial charge on any atom is -0.546 e. The number of aryl methyl sites for hydroxylation is 1. The average Bonchev–Trinajstić information content (AvgIpc) is 3.44. The summed E-state index contributed by atoms with van der Waals surface area (Å²) in [6.07, 6.45) is 0. The number of nitrogens with zero attached hydrogens (tertiary/aromatic N) is 3. The smallest absolute Gasteiger partial charge is 0.256 e. The molecule has 0 saturated carbocycles. The normalized spacial score (nSPS) is 13.9. The lowest BCUT2D eigenvalue weighted by atomic mass is 9.85. The first kappa shape index (κ1) is 26.4. The van der Waals surface area contributed by atoms with Crippen LogP contribution < -0.4 is 15.4 Å². The van der Waals surface area contributed by atoms with Gasteiger partial charge in [0.25, 0.3) is 10.0 Å². The summed E-state index contributed by atoms with van der Waals surface area (Å²) in [5, 5.41) is 7.99. The molecule has 0 bridgehead atoms. The number of rotatable bonds is 10. The lowest BCUT2D eigenvalue weighted by molar-refractivity contribution is 0.300. The second-order valence-electron chi connectivity index (χ2n) is 8.69. The summed E-state index contributed by atoms with van der Waals surface area (Å²) in [7, 11) is -2.32. The molecule has 0 aromatic carbocycles. The van der Waals surface area contributed by atoms with Gasteiger partial charge in [-0.1, -0.05) is 34.6 Å². The van der Waals surface area contributed by atoms with Crippen molar-refractivity contribution in [1.82, 2.24) is 13.1 Å². The van der Waals surface area contributed by atoms with Crippen molar-refractivity contribution in [2.45, 2.75) is 51.8 Å². The van der Waals surface area contributed by atoms with E-state index in [2.05, 4.69) is 19.4 Å². The molecule has 0 amide bonds. The number of methoxy groups -OCH3 is 1. The van der Waals surface area contributed by atoms with Gasteiger partial charge in [-0.05, 0) is 24.5 Å². The molecule has 0 spiro atoms. The summed E-state index contributed by atoms with van der Waals surface area (Å²) in [6, 6.07) is 3.48. The Morgan fingerprint density at radius 3 is 2.41 bits per heavy atom. The molecule has 3 rings (SSSR count). The fourth-order valence-electron chi connectivity index (χ4n) is 3.49. The van der Waals surface area contributed by atoms with Crippen molar-refractivity contribution < 1.29 is 22.1 Å². The predicted octanol–water partition coefficient (Wildman–Crippen LogP) is 5.15. The van der Waals surface area contributed by atoms with Crippen LogP contribution in [0.25, 0.3) is 0 Å². The van der Waals surface area contributed by atoms with Crippen LogP contribution in [0.1, 0.15) is 52.2 Å². The number of aromatic nitrogens is 2. The Morgan fingerprint density at radius 2 is 1.88 bits per heavy atom. The Bertz CT molecular complexity index is 1220. The van der Waals surface area contributed by atoms with Crippen LogP contribution in [-0.4, -0.2) is 46.2 Å². The van der Waals surface area contributed by atoms with Crippen LogP contribution in [-0.2, 0) is 10.0 Å². The quantitative estimate of drug-likeness (QED) is 0.342. The van der Waals surface area contributed by atoms with E-state index in [1.165, 1.54) is 11.4 Å². The van der Waals surface area contributed by atoms with Crippen LogP contribution >= 0.6 is 22.5 Å². The van der Waals surface area contributed by atoms with E-state index in [0.29, 0.717) is 24.5 Å². The Hall–Kier alpha value is -2.19. The van der Waals surface area contributed by atoms with Crippen molar-refractivity contribution in [2.75, 3.05) is 30.8 Å². The van der Waals surface area contributed by atoms with Crippen LogP contribution in [0.4, 0.5) is 17.3 Å². The first-order chi connectivity index (χ1) is 15.9. The number of hydrogen-bond acceptors (Lipinski definition) is 10. The van der Waals surface area contributed by atoms with Crippen LogP contribution in [0.2, 0.25) is 0 Å². The minimum atomic E-state index is -3.72. The third-order valence-electron chi connectivity index (χ3n) is 5.21. The zero-order chi connectivity index (χ0) is 25.3. The van der Waals surface area contributed by atoms with Gasteiger partial charge in [-0.25, -0.2) is 8.42 Å². The van der Waals surface area contributed by atoms with Crippen LogP contribution in [0.5, 0.6) is 5.75 Å². The third kappa shape index (κ3) is 5.38. The molecule has 34 heavy (non-hydrogen) atoms. The summed E-state index contributed by atoms with van der Waals surface area (Å²) in [4.78, 5) is 0. The molecule has 0 aliphatic carbocycles. The molecule has 3 aromatic rings. The zero-order valence-corrected chi connectivity index (χ0v) is 22.8. The molecule has 188 valence electrons. The molecular weight excluding hydrogens is 498 g/mol. The van der Waals surface area contributed by atoms with Gasteiger partial charge in [0.15, 0.2) is 21.1 Å². The number of thiophene rings is 1. The monoisotopic (exact) mass is 529 g/mol. The lowest BCUT2D eigenvalue weighted by Gasteiger charge is -2.29. The number of anilines is 3. The SMILES string of the molecule is CCN(CC)S(=O)(=O)c1scc(Nc2n[s+]([O-])nc2N[C@@H](c2ccc(C)o2)C(C)(C)C)c1OC. The maximum Gasteiger partial charge on any atom is 0.256 e. The van der Waals surface area contributed by atoms with Crippen molar-refractivity contribution in [3.63, 3.8) is 0 Å². The highest BCUT2D eigenvalue weighted by molar-refractivity contribution is 7.91. The van der Waals surface area contributed by atoms with E-state index in [4.69, 9.17) is 9.15 Å². The van der Waals surface area contributed by atoms with E-state index in [9.17, 15) is 13.0 Å². The second-order valence-corrected chi connectivity index (χ2v) is 12.5. The molecule has 0 fully saturated rings. The van der Waals surface area contributed by atoms with E-state index in [-0.39, 0.29) is 33.1 Å². The summed E-state index contributed by atoms with van der Waals surface area (Å²) < 4.78 is 59.3. The van der Waals surface area contributed by atoms with Crippen LogP contribution in [0.3, 0.4) is 0 Å². The van der Waals surface area contributed by atoms with Gasteiger partial charge in [0.2, 0.25) is 11.6 Å². The maximum absolute atomic E-state index is 13.1. The third-order valence-corrected chi connectivity index (χ3v) is 9.41. The molecular formula is C21H31N5O5S3. The van der Waals surface area contributed by atoms with Gasteiger partial charge in [-0.15, -0.1) is 11.3 Å². The number of sulfonamides is 1. The molecule has 3 heterocycles. The van der Waals surface area contributed by atoms with E-state index >= 15 is 0 Å². The highest BCUT2D eigenvalue weighted by Crippen LogP contribution is 2.43. The Kier molecular flexibility index (Phi) is 7.92. The van der Waals surface area contributed by atoms with E-state index in [1.54, 1.807) is 19.2 Å². The molecule has 0 aliphatic heterocycles. The van der Waals surface area contributed by atoms with Crippen molar-refractivity contribution in [3.05, 3.63) is 29.0 Å². The summed E-state index contributed by atoms with van der Waals surface area (Å²) >= 11 is -0.777. The number of furan rings is 1. The van der Waals surface area contributed by atoms with Gasteiger partial charge < -0.3 is 24.3 Å². The fourth-order valence-corrected chi connectivity index (χ4v) is 7.10. The predicted molar refractivity (Wildman–Crippen MR) is 134 cm³/mol. The zero-order valence-electron chi connectivity index (χ0n) is 20.3. The van der Waals surface area contributed by atoms with Crippen molar-refractivity contribution in [3.8, 4) is 5.75 Å². The molecule has 13 heteroatoms. The summed E-state index contributed by atoms with van der Waals surface area (Å²) in [5.74, 6) is 2.17. The van der Waals surface area contributed by atoms with Crippen molar-refractivity contribution in [1.29, 1.82) is 0 Å². The van der Waals surface area contributed by atoms with Gasteiger partial charge in [0.05, 0.1) is 18.8 Å². The van der Waals surface area contributed by atoms with E-state index in [0.717, 1.165) is 17.1 Å².